The molecule has 0 aliphatic rings. The van der Waals surface area contributed by atoms with Gasteiger partial charge in [0.1, 0.15) is 0 Å². The quantitative estimate of drug-likeness (QED) is 0.266. The summed E-state index contributed by atoms with van der Waals surface area (Å²) < 4.78 is 0. The molecular weight excluding hydrogens is 294 g/mol. The number of nitrogens with one attached hydrogen (secondary N) is 1. The SMILES string of the molecule is CCCCCCCCCCCCCC(Cl)CCNCC(C)O. The highest BCUT2D eigenvalue weighted by atomic mass is 35.5. The molecule has 0 aromatic carbocycles. The van der Waals surface area contributed by atoms with E-state index in [1.54, 1.807) is 6.92 Å². The van der Waals surface area contributed by atoms with Crippen LogP contribution < -0.4 is 5.32 Å². The third-order valence-electron chi connectivity index (χ3n) is 4.20. The minimum absolute atomic E-state index is 0.263. The molecule has 134 valence electrons. The molecule has 0 saturated heterocycles. The average Bonchev–Trinajstić information content (AvgIpc) is 2.49. The van der Waals surface area contributed by atoms with Gasteiger partial charge in [0.25, 0.3) is 0 Å². The monoisotopic (exact) mass is 333 g/mol. The van der Waals surface area contributed by atoms with E-state index in [1.807, 2.05) is 0 Å². The number of unbranched alkanes of at least 4 members (excludes halogenated alkanes) is 10. The second-order valence-electron chi connectivity index (χ2n) is 6.76. The fourth-order valence-electron chi connectivity index (χ4n) is 2.74. The number of hydrogen-bond donors (Lipinski definition) is 2. The Morgan fingerprint density at radius 2 is 1.32 bits per heavy atom. The normalized spacial score (nSPS) is 14.2. The highest BCUT2D eigenvalue weighted by molar-refractivity contribution is 6.20. The number of aliphatic hydroxyl groups is 1. The number of halogens is 1. The van der Waals surface area contributed by atoms with Crippen molar-refractivity contribution in [1.29, 1.82) is 0 Å². The van der Waals surface area contributed by atoms with Crippen LogP contribution >= 0.6 is 11.6 Å². The van der Waals surface area contributed by atoms with Crippen LogP contribution in [0.2, 0.25) is 0 Å². The van der Waals surface area contributed by atoms with Crippen LogP contribution in [0.3, 0.4) is 0 Å². The van der Waals surface area contributed by atoms with Crippen LogP contribution in [0.5, 0.6) is 0 Å². The topological polar surface area (TPSA) is 32.3 Å². The van der Waals surface area contributed by atoms with E-state index in [1.165, 1.54) is 70.6 Å². The Morgan fingerprint density at radius 3 is 1.82 bits per heavy atom. The van der Waals surface area contributed by atoms with Crippen molar-refractivity contribution in [2.45, 2.75) is 109 Å². The fourth-order valence-corrected chi connectivity index (χ4v) is 3.01. The zero-order valence-electron chi connectivity index (χ0n) is 15.1. The first-order valence-electron chi connectivity index (χ1n) is 9.69. The molecule has 0 amide bonds. The van der Waals surface area contributed by atoms with Gasteiger partial charge in [-0.25, -0.2) is 0 Å². The molecule has 0 aromatic rings. The first-order chi connectivity index (χ1) is 10.7. The average molecular weight is 334 g/mol. The lowest BCUT2D eigenvalue weighted by Gasteiger charge is -2.11. The van der Waals surface area contributed by atoms with Gasteiger partial charge in [-0.2, -0.15) is 0 Å². The van der Waals surface area contributed by atoms with Gasteiger partial charge in [0.2, 0.25) is 0 Å². The minimum atomic E-state index is -0.263. The number of rotatable bonds is 17. The molecule has 2 N–H and O–H groups in total. The number of aliphatic hydroxyl groups excluding tert-OH is 1. The molecule has 2 nitrogen and oxygen atoms in total. The number of alkyl halides is 1. The summed E-state index contributed by atoms with van der Waals surface area (Å²) in [4.78, 5) is 0. The molecule has 0 rings (SSSR count). The van der Waals surface area contributed by atoms with E-state index < -0.39 is 0 Å². The molecule has 0 spiro atoms. The van der Waals surface area contributed by atoms with E-state index in [-0.39, 0.29) is 6.10 Å². The maximum Gasteiger partial charge on any atom is 0.0636 e. The van der Waals surface area contributed by atoms with E-state index in [4.69, 9.17) is 16.7 Å². The summed E-state index contributed by atoms with van der Waals surface area (Å²) in [6, 6.07) is 0. The molecule has 2 unspecified atom stereocenters. The van der Waals surface area contributed by atoms with Gasteiger partial charge >= 0.3 is 0 Å². The molecule has 3 heteroatoms. The first-order valence-corrected chi connectivity index (χ1v) is 10.1. The lowest BCUT2D eigenvalue weighted by Crippen LogP contribution is -2.26. The molecule has 0 radical (unpaired) electrons. The Hall–Kier alpha value is 0.210. The second-order valence-corrected chi connectivity index (χ2v) is 7.38. The van der Waals surface area contributed by atoms with Gasteiger partial charge in [0.15, 0.2) is 0 Å². The van der Waals surface area contributed by atoms with Crippen LogP contribution in [0, 0.1) is 0 Å². The Kier molecular flexibility index (Phi) is 17.7. The lowest BCUT2D eigenvalue weighted by atomic mass is 10.0. The maximum absolute atomic E-state index is 9.14. The van der Waals surface area contributed by atoms with Crippen molar-refractivity contribution >= 4 is 11.6 Å². The van der Waals surface area contributed by atoms with Crippen LogP contribution in [0.15, 0.2) is 0 Å². The Labute approximate surface area is 144 Å². The summed E-state index contributed by atoms with van der Waals surface area (Å²) >= 11 is 6.32. The van der Waals surface area contributed by atoms with Crippen molar-refractivity contribution in [3.63, 3.8) is 0 Å². The summed E-state index contributed by atoms with van der Waals surface area (Å²) in [6.07, 6.45) is 17.1. The maximum atomic E-state index is 9.14. The van der Waals surface area contributed by atoms with E-state index >= 15 is 0 Å². The Morgan fingerprint density at radius 1 is 0.818 bits per heavy atom. The van der Waals surface area contributed by atoms with Gasteiger partial charge in [-0.15, -0.1) is 11.6 Å². The molecular formula is C19H40ClNO. The molecule has 22 heavy (non-hydrogen) atoms. The van der Waals surface area contributed by atoms with Crippen molar-refractivity contribution < 1.29 is 5.11 Å². The van der Waals surface area contributed by atoms with Crippen LogP contribution in [0.25, 0.3) is 0 Å². The zero-order valence-corrected chi connectivity index (χ0v) is 15.8. The van der Waals surface area contributed by atoms with Gasteiger partial charge in [0, 0.05) is 11.9 Å². The first kappa shape index (κ1) is 22.2. The van der Waals surface area contributed by atoms with Crippen molar-refractivity contribution in [3.8, 4) is 0 Å². The van der Waals surface area contributed by atoms with Crippen molar-refractivity contribution in [3.05, 3.63) is 0 Å². The Bertz CT molecular complexity index is 212. The summed E-state index contributed by atoms with van der Waals surface area (Å²) in [6.45, 7) is 5.66. The van der Waals surface area contributed by atoms with E-state index in [0.29, 0.717) is 11.9 Å². The molecule has 0 fully saturated rings. The lowest BCUT2D eigenvalue weighted by molar-refractivity contribution is 0.191. The van der Waals surface area contributed by atoms with Crippen molar-refractivity contribution in [2.24, 2.45) is 0 Å². The zero-order chi connectivity index (χ0) is 16.5. The highest BCUT2D eigenvalue weighted by Gasteiger charge is 2.04. The van der Waals surface area contributed by atoms with Gasteiger partial charge in [-0.05, 0) is 26.3 Å². The van der Waals surface area contributed by atoms with Gasteiger partial charge in [-0.3, -0.25) is 0 Å². The summed E-state index contributed by atoms with van der Waals surface area (Å²) in [7, 11) is 0. The van der Waals surface area contributed by atoms with Crippen molar-refractivity contribution in [2.75, 3.05) is 13.1 Å². The third kappa shape index (κ3) is 18.3. The fraction of sp³-hybridized carbons (Fsp3) is 1.00. The van der Waals surface area contributed by atoms with Crippen molar-refractivity contribution in [1.82, 2.24) is 5.32 Å². The largest absolute Gasteiger partial charge is 0.392 e. The Balaban J connectivity index is 3.12. The van der Waals surface area contributed by atoms with Gasteiger partial charge in [0.05, 0.1) is 6.10 Å². The van der Waals surface area contributed by atoms with E-state index in [9.17, 15) is 0 Å². The molecule has 0 saturated carbocycles. The summed E-state index contributed by atoms with van der Waals surface area (Å²) in [5, 5.41) is 12.7. The minimum Gasteiger partial charge on any atom is -0.392 e. The van der Waals surface area contributed by atoms with Gasteiger partial charge in [-0.1, -0.05) is 77.6 Å². The molecule has 2 atom stereocenters. The third-order valence-corrected chi connectivity index (χ3v) is 4.63. The molecule has 0 bridgehead atoms. The standard InChI is InChI=1S/C19H40ClNO/c1-3-4-5-6-7-8-9-10-11-12-13-14-19(20)15-16-21-17-18(2)22/h18-19,21-22H,3-17H2,1-2H3. The molecule has 0 aliphatic heterocycles. The predicted molar refractivity (Wildman–Crippen MR) is 99.9 cm³/mol. The smallest absolute Gasteiger partial charge is 0.0636 e. The van der Waals surface area contributed by atoms with Crippen LogP contribution in [-0.2, 0) is 0 Å². The number of hydrogen-bond acceptors (Lipinski definition) is 2. The summed E-state index contributed by atoms with van der Waals surface area (Å²) in [5.74, 6) is 0. The summed E-state index contributed by atoms with van der Waals surface area (Å²) in [5.41, 5.74) is 0. The molecule has 0 aromatic heterocycles. The molecule has 0 heterocycles. The van der Waals surface area contributed by atoms with Crippen LogP contribution in [0.1, 0.15) is 97.3 Å². The molecule has 0 aliphatic carbocycles. The highest BCUT2D eigenvalue weighted by Crippen LogP contribution is 2.15. The second kappa shape index (κ2) is 17.6. The van der Waals surface area contributed by atoms with Gasteiger partial charge < -0.3 is 10.4 Å². The van der Waals surface area contributed by atoms with E-state index in [0.717, 1.165) is 19.4 Å². The van der Waals surface area contributed by atoms with E-state index in [2.05, 4.69) is 12.2 Å². The van der Waals surface area contributed by atoms with Crippen LogP contribution in [0.4, 0.5) is 0 Å². The predicted octanol–water partition coefficient (Wildman–Crippen LogP) is 5.66. The van der Waals surface area contributed by atoms with Crippen LogP contribution in [-0.4, -0.2) is 29.7 Å².